The van der Waals surface area contributed by atoms with E-state index in [0.29, 0.717) is 29.2 Å². The van der Waals surface area contributed by atoms with E-state index in [1.54, 1.807) is 11.0 Å². The van der Waals surface area contributed by atoms with Crippen LogP contribution in [0.2, 0.25) is 0 Å². The lowest BCUT2D eigenvalue weighted by Gasteiger charge is -2.36. The lowest BCUT2D eigenvalue weighted by Crippen LogP contribution is -2.51. The van der Waals surface area contributed by atoms with Gasteiger partial charge in [-0.3, -0.25) is 9.59 Å². The van der Waals surface area contributed by atoms with E-state index in [-0.39, 0.29) is 23.4 Å². The Morgan fingerprint density at radius 2 is 2.00 bits per heavy atom. The first-order valence-corrected chi connectivity index (χ1v) is 8.46. The topological polar surface area (TPSA) is 78.1 Å². The van der Waals surface area contributed by atoms with Crippen molar-refractivity contribution in [1.82, 2.24) is 20.2 Å². The Morgan fingerprint density at radius 3 is 2.62 bits per heavy atom. The van der Waals surface area contributed by atoms with Crippen LogP contribution in [0.3, 0.4) is 0 Å². The second-order valence-electron chi connectivity index (χ2n) is 6.80. The average Bonchev–Trinajstić information content (AvgIpc) is 2.50. The molecule has 1 unspecified atom stereocenters. The van der Waals surface area contributed by atoms with Gasteiger partial charge in [-0.25, -0.2) is 4.98 Å². The Morgan fingerprint density at radius 1 is 1.29 bits per heavy atom. The minimum atomic E-state index is -0.164. The molecule has 6 heteroatoms. The van der Waals surface area contributed by atoms with E-state index in [1.807, 2.05) is 39.0 Å². The third-order valence-corrected chi connectivity index (χ3v) is 4.80. The first-order chi connectivity index (χ1) is 11.5. The van der Waals surface area contributed by atoms with Gasteiger partial charge >= 0.3 is 0 Å². The Labute approximate surface area is 141 Å². The summed E-state index contributed by atoms with van der Waals surface area (Å²) in [5.41, 5.74) is 0.492. The van der Waals surface area contributed by atoms with Crippen molar-refractivity contribution < 1.29 is 4.79 Å². The second kappa shape index (κ2) is 6.73. The van der Waals surface area contributed by atoms with E-state index in [1.165, 1.54) is 0 Å². The molecule has 0 spiro atoms. The van der Waals surface area contributed by atoms with Crippen molar-refractivity contribution >= 4 is 16.8 Å². The number of amides is 1. The molecule has 0 saturated carbocycles. The maximum Gasteiger partial charge on any atom is 0.258 e. The molecule has 0 radical (unpaired) electrons. The van der Waals surface area contributed by atoms with Crippen LogP contribution in [0.15, 0.2) is 29.1 Å². The number of benzene rings is 1. The Hall–Kier alpha value is -2.21. The van der Waals surface area contributed by atoms with Gasteiger partial charge in [0.25, 0.3) is 5.56 Å². The van der Waals surface area contributed by atoms with E-state index in [9.17, 15) is 9.59 Å². The molecule has 1 aromatic heterocycles. The molecule has 1 fully saturated rings. The predicted molar refractivity (Wildman–Crippen MR) is 93.6 cm³/mol. The minimum Gasteiger partial charge on any atom is -0.333 e. The summed E-state index contributed by atoms with van der Waals surface area (Å²) in [5, 5.41) is 3.78. The zero-order chi connectivity index (χ0) is 17.3. The molecular weight excluding hydrogens is 304 g/mol. The molecule has 2 N–H and O–H groups in total. The monoisotopic (exact) mass is 328 g/mol. The number of aromatic amines is 1. The van der Waals surface area contributed by atoms with Crippen LogP contribution in [0.25, 0.3) is 10.9 Å². The van der Waals surface area contributed by atoms with Crippen molar-refractivity contribution in [2.24, 2.45) is 11.8 Å². The van der Waals surface area contributed by atoms with Crippen LogP contribution in [0.5, 0.6) is 0 Å². The van der Waals surface area contributed by atoms with Crippen molar-refractivity contribution in [2.75, 3.05) is 13.1 Å². The van der Waals surface area contributed by atoms with Gasteiger partial charge in [-0.05, 0) is 45.0 Å². The zero-order valence-electron chi connectivity index (χ0n) is 14.4. The van der Waals surface area contributed by atoms with E-state index in [0.717, 1.165) is 13.1 Å². The molecule has 1 aliphatic heterocycles. The van der Waals surface area contributed by atoms with Gasteiger partial charge in [0, 0.05) is 12.0 Å². The molecule has 1 aliphatic rings. The van der Waals surface area contributed by atoms with Crippen molar-refractivity contribution in [2.45, 2.75) is 33.4 Å². The summed E-state index contributed by atoms with van der Waals surface area (Å²) in [4.78, 5) is 34.2. The summed E-state index contributed by atoms with van der Waals surface area (Å²) in [6.07, 6.45) is 0. The molecule has 24 heavy (non-hydrogen) atoms. The first-order valence-electron chi connectivity index (χ1n) is 8.46. The number of hydrogen-bond acceptors (Lipinski definition) is 4. The van der Waals surface area contributed by atoms with Crippen LogP contribution in [0.4, 0.5) is 0 Å². The minimum absolute atomic E-state index is 0.0270. The maximum atomic E-state index is 12.9. The Bertz CT molecular complexity index is 795. The van der Waals surface area contributed by atoms with Crippen LogP contribution >= 0.6 is 0 Å². The van der Waals surface area contributed by atoms with Gasteiger partial charge in [-0.1, -0.05) is 19.1 Å². The molecule has 128 valence electrons. The van der Waals surface area contributed by atoms with Crippen molar-refractivity contribution in [1.29, 1.82) is 0 Å². The zero-order valence-corrected chi connectivity index (χ0v) is 14.4. The molecule has 2 heterocycles. The highest BCUT2D eigenvalue weighted by molar-refractivity contribution is 5.79. The van der Waals surface area contributed by atoms with E-state index >= 15 is 0 Å². The van der Waals surface area contributed by atoms with Crippen LogP contribution in [0, 0.1) is 11.8 Å². The van der Waals surface area contributed by atoms with Gasteiger partial charge in [0.15, 0.2) is 0 Å². The highest BCUT2D eigenvalue weighted by Crippen LogP contribution is 2.20. The van der Waals surface area contributed by atoms with Gasteiger partial charge < -0.3 is 15.2 Å². The summed E-state index contributed by atoms with van der Waals surface area (Å²) in [5.74, 6) is 1.01. The van der Waals surface area contributed by atoms with Gasteiger partial charge in [0.2, 0.25) is 5.91 Å². The number of nitrogens with one attached hydrogen (secondary N) is 2. The van der Waals surface area contributed by atoms with E-state index in [2.05, 4.69) is 15.3 Å². The number of H-pyrrole nitrogens is 1. The van der Waals surface area contributed by atoms with Gasteiger partial charge in [-0.2, -0.15) is 0 Å². The van der Waals surface area contributed by atoms with Gasteiger partial charge in [0.1, 0.15) is 5.82 Å². The summed E-state index contributed by atoms with van der Waals surface area (Å²) >= 11 is 0. The smallest absolute Gasteiger partial charge is 0.258 e. The third kappa shape index (κ3) is 3.19. The van der Waals surface area contributed by atoms with Crippen LogP contribution in [0.1, 0.15) is 26.6 Å². The number of para-hydroxylation sites is 1. The number of rotatable bonds is 5. The first kappa shape index (κ1) is 16.6. The summed E-state index contributed by atoms with van der Waals surface area (Å²) in [7, 11) is 0. The Balaban J connectivity index is 1.85. The highest BCUT2D eigenvalue weighted by atomic mass is 16.2. The van der Waals surface area contributed by atoms with E-state index < -0.39 is 0 Å². The average molecular weight is 328 g/mol. The van der Waals surface area contributed by atoms with Gasteiger partial charge in [0.05, 0.1) is 17.4 Å². The molecule has 1 atom stereocenters. The summed E-state index contributed by atoms with van der Waals surface area (Å²) in [6.45, 7) is 8.07. The van der Waals surface area contributed by atoms with E-state index in [4.69, 9.17) is 0 Å². The molecule has 1 aromatic carbocycles. The molecule has 2 aromatic rings. The van der Waals surface area contributed by atoms with Crippen molar-refractivity contribution in [3.63, 3.8) is 0 Å². The summed E-state index contributed by atoms with van der Waals surface area (Å²) in [6, 6.07) is 7.29. The number of hydrogen-bond donors (Lipinski definition) is 2. The number of carbonyl (C=O) groups is 1. The molecule has 0 bridgehead atoms. The standard InChI is InChI=1S/C18H24N4O2/c1-11(2)22(18(24)12(3)13-8-19-9-13)10-16-20-15-7-5-4-6-14(15)17(23)21-16/h4-7,11-13,19H,8-10H2,1-3H3,(H,20,21,23). The quantitative estimate of drug-likeness (QED) is 0.872. The van der Waals surface area contributed by atoms with Crippen LogP contribution in [-0.4, -0.2) is 39.9 Å². The maximum absolute atomic E-state index is 12.9. The number of carbonyl (C=O) groups excluding carboxylic acids is 1. The van der Waals surface area contributed by atoms with Crippen LogP contribution in [-0.2, 0) is 11.3 Å². The molecule has 1 saturated heterocycles. The molecule has 3 rings (SSSR count). The number of nitrogens with zero attached hydrogens (tertiary/aromatic N) is 2. The summed E-state index contributed by atoms with van der Waals surface area (Å²) < 4.78 is 0. The molecule has 0 aliphatic carbocycles. The number of aromatic nitrogens is 2. The largest absolute Gasteiger partial charge is 0.333 e. The third-order valence-electron chi connectivity index (χ3n) is 4.80. The van der Waals surface area contributed by atoms with Crippen molar-refractivity contribution in [3.05, 3.63) is 40.4 Å². The number of fused-ring (bicyclic) bond motifs is 1. The van der Waals surface area contributed by atoms with Gasteiger partial charge in [-0.15, -0.1) is 0 Å². The SMILES string of the molecule is CC(C(=O)N(Cc1nc2ccccc2c(=O)[nH]1)C(C)C)C1CNC1. The lowest BCUT2D eigenvalue weighted by atomic mass is 9.87. The fourth-order valence-electron chi connectivity index (χ4n) is 3.01. The molecule has 1 amide bonds. The Kier molecular flexibility index (Phi) is 4.66. The molecule has 6 nitrogen and oxygen atoms in total. The van der Waals surface area contributed by atoms with Crippen LogP contribution < -0.4 is 10.9 Å². The normalized spacial score (nSPS) is 16.2. The lowest BCUT2D eigenvalue weighted by molar-refractivity contribution is -0.140. The second-order valence-corrected chi connectivity index (χ2v) is 6.80. The van der Waals surface area contributed by atoms with Crippen molar-refractivity contribution in [3.8, 4) is 0 Å². The fourth-order valence-corrected chi connectivity index (χ4v) is 3.01. The fraction of sp³-hybridized carbons (Fsp3) is 0.500. The predicted octanol–water partition coefficient (Wildman–Crippen LogP) is 1.52. The highest BCUT2D eigenvalue weighted by Gasteiger charge is 2.32. The molecular formula is C18H24N4O2.